The fraction of sp³-hybridized carbons (Fsp3) is 0.160. The molecule has 0 saturated carbocycles. The first-order chi connectivity index (χ1) is 15.2. The summed E-state index contributed by atoms with van der Waals surface area (Å²) < 4.78 is 5.82. The van der Waals surface area contributed by atoms with Crippen molar-refractivity contribution in [2.45, 2.75) is 12.5 Å². The van der Waals surface area contributed by atoms with Gasteiger partial charge in [0.2, 0.25) is 5.91 Å². The quantitative estimate of drug-likeness (QED) is 0.355. The molecule has 0 unspecified atom stereocenters. The van der Waals surface area contributed by atoms with E-state index in [4.69, 9.17) is 4.74 Å². The molecule has 6 heteroatoms. The van der Waals surface area contributed by atoms with Crippen molar-refractivity contribution >= 4 is 18.0 Å². The average molecular weight is 413 g/mol. The van der Waals surface area contributed by atoms with E-state index < -0.39 is 11.8 Å². The second-order valence-electron chi connectivity index (χ2n) is 7.32. The minimum absolute atomic E-state index is 0.210. The van der Waals surface area contributed by atoms with Crippen molar-refractivity contribution in [3.8, 4) is 5.75 Å². The minimum Gasteiger partial charge on any atom is -0.489 e. The van der Waals surface area contributed by atoms with Gasteiger partial charge in [0.15, 0.2) is 0 Å². The molecule has 0 aromatic heterocycles. The molecule has 1 fully saturated rings. The third-order valence-electron chi connectivity index (χ3n) is 5.19. The van der Waals surface area contributed by atoms with E-state index in [1.165, 1.54) is 6.21 Å². The van der Waals surface area contributed by atoms with Crippen LogP contribution in [-0.4, -0.2) is 24.6 Å². The highest BCUT2D eigenvalue weighted by atomic mass is 16.5. The van der Waals surface area contributed by atoms with Crippen molar-refractivity contribution in [1.29, 1.82) is 0 Å². The Kier molecular flexibility index (Phi) is 6.38. The summed E-state index contributed by atoms with van der Waals surface area (Å²) in [4.78, 5) is 24.9. The van der Waals surface area contributed by atoms with Crippen LogP contribution >= 0.6 is 0 Å². The topological polar surface area (TPSA) is 79.8 Å². The van der Waals surface area contributed by atoms with Gasteiger partial charge in [0, 0.05) is 12.5 Å². The second kappa shape index (κ2) is 9.71. The number of hydrazone groups is 1. The number of benzene rings is 3. The molecule has 1 aliphatic rings. The van der Waals surface area contributed by atoms with Crippen LogP contribution in [-0.2, 0) is 16.2 Å². The third kappa shape index (κ3) is 5.17. The van der Waals surface area contributed by atoms with Gasteiger partial charge in [-0.3, -0.25) is 9.59 Å². The lowest BCUT2D eigenvalue weighted by Gasteiger charge is -2.15. The van der Waals surface area contributed by atoms with Gasteiger partial charge in [-0.25, -0.2) is 5.43 Å². The molecule has 0 bridgehead atoms. The van der Waals surface area contributed by atoms with Crippen molar-refractivity contribution in [2.75, 3.05) is 6.54 Å². The average Bonchev–Trinajstić information content (AvgIpc) is 3.21. The summed E-state index contributed by atoms with van der Waals surface area (Å²) in [5.74, 6) is -1.01. The Morgan fingerprint density at radius 2 is 1.77 bits per heavy atom. The van der Waals surface area contributed by atoms with Gasteiger partial charge >= 0.3 is 0 Å². The van der Waals surface area contributed by atoms with Crippen molar-refractivity contribution in [3.63, 3.8) is 0 Å². The van der Waals surface area contributed by atoms with Gasteiger partial charge in [0.1, 0.15) is 18.3 Å². The molecule has 1 saturated heterocycles. The molecule has 0 radical (unpaired) electrons. The minimum atomic E-state index is -0.805. The van der Waals surface area contributed by atoms with Gasteiger partial charge in [-0.15, -0.1) is 0 Å². The molecule has 2 N–H and O–H groups in total. The molecule has 0 spiro atoms. The van der Waals surface area contributed by atoms with Crippen LogP contribution in [0.1, 0.15) is 22.6 Å². The standard InChI is InChI=1S/C25H23N3O3/c29-24-23(22(16-26-24)20-11-5-2-6-12-20)25(30)28-27-15-19-10-7-13-21(14-19)31-17-18-8-3-1-4-9-18/h1-15,22-23H,16-17H2,(H,26,29)(H,28,30)/t22-,23+/m0/s1. The molecule has 156 valence electrons. The maximum atomic E-state index is 12.6. The maximum Gasteiger partial charge on any atom is 0.253 e. The number of carbonyl (C=O) groups excluding carboxylic acids is 2. The molecule has 31 heavy (non-hydrogen) atoms. The van der Waals surface area contributed by atoms with Crippen LogP contribution in [0.4, 0.5) is 0 Å². The van der Waals surface area contributed by atoms with Crippen molar-refractivity contribution in [1.82, 2.24) is 10.7 Å². The molecular formula is C25H23N3O3. The Morgan fingerprint density at radius 1 is 1.03 bits per heavy atom. The Morgan fingerprint density at radius 3 is 2.55 bits per heavy atom. The number of hydrogen-bond acceptors (Lipinski definition) is 4. The summed E-state index contributed by atoms with van der Waals surface area (Å²) >= 11 is 0. The van der Waals surface area contributed by atoms with Gasteiger partial charge in [-0.1, -0.05) is 72.8 Å². The molecule has 2 amide bonds. The summed E-state index contributed by atoms with van der Waals surface area (Å²) in [6.07, 6.45) is 1.54. The zero-order valence-electron chi connectivity index (χ0n) is 16.9. The Bertz CT molecular complexity index is 1070. The Labute approximate surface area is 180 Å². The van der Waals surface area contributed by atoms with E-state index in [9.17, 15) is 9.59 Å². The van der Waals surface area contributed by atoms with Gasteiger partial charge in [0.05, 0.1) is 6.21 Å². The predicted molar refractivity (Wildman–Crippen MR) is 119 cm³/mol. The zero-order chi connectivity index (χ0) is 21.5. The lowest BCUT2D eigenvalue weighted by atomic mass is 9.88. The first kappa shape index (κ1) is 20.3. The van der Waals surface area contributed by atoms with Crippen LogP contribution in [0.2, 0.25) is 0 Å². The third-order valence-corrected chi connectivity index (χ3v) is 5.19. The van der Waals surface area contributed by atoms with Gasteiger partial charge in [0.25, 0.3) is 5.91 Å². The number of hydrogen-bond donors (Lipinski definition) is 2. The molecular weight excluding hydrogens is 390 g/mol. The van der Waals surface area contributed by atoms with Gasteiger partial charge in [-0.2, -0.15) is 5.10 Å². The number of ether oxygens (including phenoxy) is 1. The molecule has 6 nitrogen and oxygen atoms in total. The number of carbonyl (C=O) groups is 2. The van der Waals surface area contributed by atoms with E-state index in [2.05, 4.69) is 15.8 Å². The predicted octanol–water partition coefficient (Wildman–Crippen LogP) is 3.25. The van der Waals surface area contributed by atoms with Gasteiger partial charge in [-0.05, 0) is 28.8 Å². The largest absolute Gasteiger partial charge is 0.489 e. The van der Waals surface area contributed by atoms with E-state index >= 15 is 0 Å². The van der Waals surface area contributed by atoms with E-state index in [1.807, 2.05) is 84.9 Å². The second-order valence-corrected chi connectivity index (χ2v) is 7.32. The van der Waals surface area contributed by atoms with Crippen LogP contribution in [0.5, 0.6) is 5.75 Å². The fourth-order valence-corrected chi connectivity index (χ4v) is 3.60. The van der Waals surface area contributed by atoms with E-state index in [0.29, 0.717) is 18.9 Å². The molecule has 1 heterocycles. The molecule has 1 aliphatic heterocycles. The lowest BCUT2D eigenvalue weighted by molar-refractivity contribution is -0.133. The maximum absolute atomic E-state index is 12.6. The highest BCUT2D eigenvalue weighted by Gasteiger charge is 2.40. The smallest absolute Gasteiger partial charge is 0.253 e. The first-order valence-electron chi connectivity index (χ1n) is 10.1. The number of nitrogens with one attached hydrogen (secondary N) is 2. The number of nitrogens with zero attached hydrogens (tertiary/aromatic N) is 1. The van der Waals surface area contributed by atoms with E-state index in [0.717, 1.165) is 16.7 Å². The lowest BCUT2D eigenvalue weighted by Crippen LogP contribution is -2.34. The van der Waals surface area contributed by atoms with E-state index in [1.54, 1.807) is 0 Å². The van der Waals surface area contributed by atoms with Crippen LogP contribution in [0.25, 0.3) is 0 Å². The van der Waals surface area contributed by atoms with Crippen LogP contribution in [0.3, 0.4) is 0 Å². The number of amides is 2. The van der Waals surface area contributed by atoms with Crippen LogP contribution in [0, 0.1) is 5.92 Å². The monoisotopic (exact) mass is 413 g/mol. The molecule has 4 rings (SSSR count). The first-order valence-corrected chi connectivity index (χ1v) is 10.1. The number of rotatable bonds is 7. The summed E-state index contributed by atoms with van der Waals surface area (Å²) in [7, 11) is 0. The summed E-state index contributed by atoms with van der Waals surface area (Å²) in [6.45, 7) is 0.904. The summed E-state index contributed by atoms with van der Waals surface area (Å²) in [5, 5.41) is 6.82. The van der Waals surface area contributed by atoms with E-state index in [-0.39, 0.29) is 11.8 Å². The van der Waals surface area contributed by atoms with Crippen LogP contribution < -0.4 is 15.5 Å². The normalized spacial score (nSPS) is 18.0. The molecule has 0 aliphatic carbocycles. The molecule has 3 aromatic rings. The summed E-state index contributed by atoms with van der Waals surface area (Å²) in [6, 6.07) is 26.9. The summed E-state index contributed by atoms with van der Waals surface area (Å²) in [5.41, 5.74) is 5.32. The zero-order valence-corrected chi connectivity index (χ0v) is 16.9. The Hall–Kier alpha value is -3.93. The highest BCUT2D eigenvalue weighted by molar-refractivity contribution is 6.03. The van der Waals surface area contributed by atoms with Crippen molar-refractivity contribution in [3.05, 3.63) is 102 Å². The van der Waals surface area contributed by atoms with Gasteiger partial charge < -0.3 is 10.1 Å². The molecule has 2 atom stereocenters. The highest BCUT2D eigenvalue weighted by Crippen LogP contribution is 2.29. The van der Waals surface area contributed by atoms with Crippen molar-refractivity contribution < 1.29 is 14.3 Å². The fourth-order valence-electron chi connectivity index (χ4n) is 3.60. The van der Waals surface area contributed by atoms with Crippen LogP contribution in [0.15, 0.2) is 90.0 Å². The van der Waals surface area contributed by atoms with Crippen molar-refractivity contribution in [2.24, 2.45) is 11.0 Å². The SMILES string of the molecule is O=C1NC[C@@H](c2ccccc2)[C@H]1C(=O)NN=Cc1cccc(OCc2ccccc2)c1. The molecule has 3 aromatic carbocycles. The Balaban J connectivity index is 1.36.